The third-order valence-corrected chi connectivity index (χ3v) is 2.65. The van der Waals surface area contributed by atoms with Crippen LogP contribution in [0.2, 0.25) is 0 Å². The number of nitrogens with zero attached hydrogens (tertiary/aromatic N) is 1. The van der Waals surface area contributed by atoms with E-state index < -0.39 is 0 Å². The number of carbonyl (C=O) groups is 1. The lowest BCUT2D eigenvalue weighted by atomic mass is 10.0. The molecular weight excluding hydrogens is 258 g/mol. The highest BCUT2D eigenvalue weighted by molar-refractivity contribution is 7.79. The molecule has 0 N–H and O–H groups in total. The van der Waals surface area contributed by atoms with Crippen molar-refractivity contribution in [3.8, 4) is 0 Å². The summed E-state index contributed by atoms with van der Waals surface area (Å²) in [7, 11) is 1.75. The lowest BCUT2D eigenvalue weighted by Crippen LogP contribution is -2.31. The first-order chi connectivity index (χ1) is 9.11. The molecule has 1 aliphatic rings. The fourth-order valence-electron chi connectivity index (χ4n) is 1.54. The van der Waals surface area contributed by atoms with Gasteiger partial charge in [-0.1, -0.05) is 44.7 Å². The van der Waals surface area contributed by atoms with E-state index in [4.69, 9.17) is 4.74 Å². The summed E-state index contributed by atoms with van der Waals surface area (Å²) in [5.41, 5.74) is 1.00. The van der Waals surface area contributed by atoms with Crippen molar-refractivity contribution < 1.29 is 9.53 Å². The van der Waals surface area contributed by atoms with Gasteiger partial charge < -0.3 is 9.64 Å². The predicted octanol–water partition coefficient (Wildman–Crippen LogP) is 4.09. The second-order valence-corrected chi connectivity index (χ2v) is 3.54. The molecule has 0 aromatic carbocycles. The lowest BCUT2D eigenvalue weighted by Gasteiger charge is -2.17. The van der Waals surface area contributed by atoms with E-state index in [9.17, 15) is 4.79 Å². The van der Waals surface area contributed by atoms with Crippen molar-refractivity contribution >= 4 is 18.7 Å². The monoisotopic (exact) mass is 285 g/mol. The van der Waals surface area contributed by atoms with E-state index in [-0.39, 0.29) is 18.2 Å². The third kappa shape index (κ3) is 6.01. The summed E-state index contributed by atoms with van der Waals surface area (Å²) in [6.07, 6.45) is 8.67. The van der Waals surface area contributed by atoms with Gasteiger partial charge in [-0.05, 0) is 25.7 Å². The maximum absolute atomic E-state index is 11.3. The first kappa shape index (κ1) is 20.2. The summed E-state index contributed by atoms with van der Waals surface area (Å²) >= 11 is 3.53. The van der Waals surface area contributed by atoms with Gasteiger partial charge in [-0.2, -0.15) is 12.6 Å². The van der Waals surface area contributed by atoms with Crippen LogP contribution in [-0.4, -0.2) is 36.4 Å². The first-order valence-corrected chi connectivity index (χ1v) is 7.34. The van der Waals surface area contributed by atoms with Crippen LogP contribution < -0.4 is 0 Å². The summed E-state index contributed by atoms with van der Waals surface area (Å²) in [5, 5.41) is 0. The second kappa shape index (κ2) is 11.9. The van der Waals surface area contributed by atoms with Gasteiger partial charge in [0.05, 0.1) is 6.04 Å². The van der Waals surface area contributed by atoms with Gasteiger partial charge in [-0.15, -0.1) is 0 Å². The molecule has 0 spiro atoms. The Morgan fingerprint density at radius 1 is 1.42 bits per heavy atom. The fourth-order valence-corrected chi connectivity index (χ4v) is 1.54. The topological polar surface area (TPSA) is 29.5 Å². The molecule has 1 fully saturated rings. The average Bonchev–Trinajstić information content (AvgIpc) is 2.72. The largest absolute Gasteiger partial charge is 0.439 e. The van der Waals surface area contributed by atoms with Gasteiger partial charge in [0.25, 0.3) is 0 Å². The highest BCUT2D eigenvalue weighted by atomic mass is 32.1. The van der Waals surface area contributed by atoms with E-state index in [1.807, 2.05) is 45.9 Å². The third-order valence-electron chi connectivity index (χ3n) is 2.65. The first-order valence-electron chi connectivity index (χ1n) is 6.45. The number of ether oxygens (including phenoxy) is 1. The van der Waals surface area contributed by atoms with E-state index in [0.29, 0.717) is 0 Å². The van der Waals surface area contributed by atoms with E-state index in [2.05, 4.69) is 19.2 Å². The summed E-state index contributed by atoms with van der Waals surface area (Å²) in [5.74, 6) is 0. The molecule has 1 amide bonds. The van der Waals surface area contributed by atoms with Crippen molar-refractivity contribution in [1.82, 2.24) is 4.90 Å². The van der Waals surface area contributed by atoms with Crippen molar-refractivity contribution in [1.29, 1.82) is 0 Å². The van der Waals surface area contributed by atoms with Crippen LogP contribution in [0.15, 0.2) is 36.5 Å². The number of allylic oxidation sites excluding steroid dienone is 3. The molecule has 0 saturated carbocycles. The van der Waals surface area contributed by atoms with Gasteiger partial charge in [-0.3, -0.25) is 0 Å². The van der Waals surface area contributed by atoms with E-state index in [1.54, 1.807) is 24.3 Å². The molecule has 110 valence electrons. The summed E-state index contributed by atoms with van der Waals surface area (Å²) in [6, 6.07) is 0.0677. The molecule has 3 nitrogen and oxygen atoms in total. The Hall–Kier alpha value is -1.16. The van der Waals surface area contributed by atoms with Crippen LogP contribution in [-0.2, 0) is 4.74 Å². The predicted molar refractivity (Wildman–Crippen MR) is 86.8 cm³/mol. The highest BCUT2D eigenvalue weighted by Gasteiger charge is 2.37. The lowest BCUT2D eigenvalue weighted by molar-refractivity contribution is 0.145. The molecule has 2 unspecified atom stereocenters. The highest BCUT2D eigenvalue weighted by Crippen LogP contribution is 2.24. The standard InChI is InChI=1S/C12H17NO2.C2H6.CH4S/c1-5-7-8-10(6-2)11-9(3)13(4)12(14)15-11;2*1-2/h5-9,11H,1H2,2-4H3;1-2H3;2H,1H3/b8-7-,10-6+;;. The molecule has 0 aromatic heterocycles. The Labute approximate surface area is 123 Å². The van der Waals surface area contributed by atoms with Crippen molar-refractivity contribution in [2.24, 2.45) is 0 Å². The number of cyclic esters (lactones) is 1. The average molecular weight is 285 g/mol. The zero-order valence-electron chi connectivity index (χ0n) is 12.9. The Morgan fingerprint density at radius 2 is 1.95 bits per heavy atom. The van der Waals surface area contributed by atoms with Crippen molar-refractivity contribution in [2.75, 3.05) is 13.3 Å². The molecule has 0 bridgehead atoms. The molecule has 1 aliphatic heterocycles. The van der Waals surface area contributed by atoms with E-state index in [0.717, 1.165) is 5.57 Å². The van der Waals surface area contributed by atoms with Crippen LogP contribution in [0, 0.1) is 0 Å². The molecule has 1 saturated heterocycles. The SMILES string of the molecule is C=C/C=C\C(=C/C)C1OC(=O)N(C)C1C.CC.CS. The van der Waals surface area contributed by atoms with Crippen molar-refractivity contribution in [3.05, 3.63) is 36.5 Å². The minimum Gasteiger partial charge on any atom is -0.439 e. The van der Waals surface area contributed by atoms with E-state index >= 15 is 0 Å². The summed E-state index contributed by atoms with van der Waals surface area (Å²) < 4.78 is 5.27. The molecule has 4 heteroatoms. The summed E-state index contributed by atoms with van der Waals surface area (Å²) in [6.45, 7) is 11.5. The smallest absolute Gasteiger partial charge is 0.410 e. The Balaban J connectivity index is 0. The number of amides is 1. The van der Waals surface area contributed by atoms with Crippen molar-refractivity contribution in [3.63, 3.8) is 0 Å². The van der Waals surface area contributed by atoms with Crippen LogP contribution >= 0.6 is 12.6 Å². The summed E-state index contributed by atoms with van der Waals surface area (Å²) in [4.78, 5) is 12.9. The van der Waals surface area contributed by atoms with Gasteiger partial charge in [0.1, 0.15) is 6.10 Å². The number of thiol groups is 1. The zero-order valence-corrected chi connectivity index (χ0v) is 13.8. The number of rotatable bonds is 3. The van der Waals surface area contributed by atoms with Gasteiger partial charge in [0, 0.05) is 7.05 Å². The van der Waals surface area contributed by atoms with Crippen LogP contribution in [0.25, 0.3) is 0 Å². The van der Waals surface area contributed by atoms with Crippen LogP contribution in [0.3, 0.4) is 0 Å². The van der Waals surface area contributed by atoms with Crippen LogP contribution in [0.4, 0.5) is 4.79 Å². The van der Waals surface area contributed by atoms with Gasteiger partial charge in [0.2, 0.25) is 0 Å². The number of hydrogen-bond donors (Lipinski definition) is 1. The number of carbonyl (C=O) groups excluding carboxylic acids is 1. The molecule has 1 heterocycles. The number of hydrogen-bond acceptors (Lipinski definition) is 3. The molecule has 0 radical (unpaired) electrons. The van der Waals surface area contributed by atoms with Gasteiger partial charge >= 0.3 is 6.09 Å². The zero-order chi connectivity index (χ0) is 15.4. The molecule has 0 aliphatic carbocycles. The van der Waals surface area contributed by atoms with E-state index in [1.165, 1.54) is 0 Å². The quantitative estimate of drug-likeness (QED) is 0.625. The molecule has 19 heavy (non-hydrogen) atoms. The Kier molecular flexibility index (Phi) is 12.6. The van der Waals surface area contributed by atoms with Crippen LogP contribution in [0.1, 0.15) is 27.7 Å². The Morgan fingerprint density at radius 3 is 2.26 bits per heavy atom. The number of likely N-dealkylation sites (N-methyl/N-ethyl adjacent to an activating group) is 1. The fraction of sp³-hybridized carbons (Fsp3) is 0.533. The molecular formula is C15H27NO2S. The second-order valence-electron chi connectivity index (χ2n) is 3.54. The van der Waals surface area contributed by atoms with Crippen molar-refractivity contribution in [2.45, 2.75) is 39.8 Å². The normalized spacial score (nSPS) is 22.2. The Bertz CT molecular complexity index is 324. The molecule has 0 aromatic rings. The van der Waals surface area contributed by atoms with Gasteiger partial charge in [-0.25, -0.2) is 4.79 Å². The minimum absolute atomic E-state index is 0.0677. The van der Waals surface area contributed by atoms with Gasteiger partial charge in [0.15, 0.2) is 0 Å². The maximum atomic E-state index is 11.3. The minimum atomic E-state index is -0.265. The van der Waals surface area contributed by atoms with Crippen LogP contribution in [0.5, 0.6) is 0 Å². The molecule has 1 rings (SSSR count). The maximum Gasteiger partial charge on any atom is 0.410 e. The molecule has 2 atom stereocenters.